The number of aliphatic hydroxyl groups is 1. The molecule has 1 aromatic carbocycles. The van der Waals surface area contributed by atoms with Crippen molar-refractivity contribution >= 4 is 5.91 Å². The molecule has 3 aromatic rings. The first-order chi connectivity index (χ1) is 14.0. The van der Waals surface area contributed by atoms with E-state index in [2.05, 4.69) is 20.2 Å². The molecule has 1 atom stereocenters. The van der Waals surface area contributed by atoms with Crippen molar-refractivity contribution in [2.24, 2.45) is 7.05 Å². The van der Waals surface area contributed by atoms with Crippen molar-refractivity contribution in [2.45, 2.75) is 32.3 Å². The van der Waals surface area contributed by atoms with Crippen molar-refractivity contribution in [3.63, 3.8) is 0 Å². The van der Waals surface area contributed by atoms with Crippen LogP contribution in [-0.4, -0.2) is 53.7 Å². The molecular weight excluding hydrogens is 375 g/mol. The maximum absolute atomic E-state index is 13.2. The van der Waals surface area contributed by atoms with Crippen molar-refractivity contribution in [3.05, 3.63) is 53.1 Å². The maximum atomic E-state index is 13.2. The van der Waals surface area contributed by atoms with E-state index in [1.54, 1.807) is 21.6 Å². The summed E-state index contributed by atoms with van der Waals surface area (Å²) >= 11 is 0. The van der Waals surface area contributed by atoms with Gasteiger partial charge in [-0.25, -0.2) is 9.37 Å². The molecule has 0 spiro atoms. The van der Waals surface area contributed by atoms with Crippen LogP contribution in [-0.2, 0) is 13.7 Å². The van der Waals surface area contributed by atoms with Gasteiger partial charge < -0.3 is 19.6 Å². The van der Waals surface area contributed by atoms with E-state index in [9.17, 15) is 14.3 Å². The summed E-state index contributed by atoms with van der Waals surface area (Å²) in [6, 6.07) is 5.99. The van der Waals surface area contributed by atoms with E-state index < -0.39 is 0 Å². The van der Waals surface area contributed by atoms with E-state index in [1.165, 1.54) is 12.1 Å². The molecule has 1 amide bonds. The fourth-order valence-corrected chi connectivity index (χ4v) is 3.80. The van der Waals surface area contributed by atoms with Crippen molar-refractivity contribution in [1.29, 1.82) is 0 Å². The zero-order valence-electron chi connectivity index (χ0n) is 16.4. The first-order valence-corrected chi connectivity index (χ1v) is 9.58. The summed E-state index contributed by atoms with van der Waals surface area (Å²) in [6.07, 6.45) is 1.76. The average molecular weight is 398 g/mol. The van der Waals surface area contributed by atoms with Gasteiger partial charge in [0.25, 0.3) is 5.91 Å². The van der Waals surface area contributed by atoms with E-state index in [-0.39, 0.29) is 24.2 Å². The van der Waals surface area contributed by atoms with E-state index in [4.69, 9.17) is 0 Å². The second kappa shape index (κ2) is 7.75. The highest BCUT2D eigenvalue weighted by atomic mass is 19.1. The van der Waals surface area contributed by atoms with Gasteiger partial charge in [0.1, 0.15) is 29.8 Å². The molecule has 0 bridgehead atoms. The topological polar surface area (TPSA) is 99.9 Å². The number of halogens is 1. The average Bonchev–Trinajstić information content (AvgIpc) is 3.30. The standard InChI is InChI=1S/C20H23FN6O2/c1-12-17(23-18(22-12)13-5-7-15(21)8-6-13)20(29)27-9-3-4-14(10-27)19-25-24-16(11-28)26(19)2/h5-8,14,28H,3-4,9-11H2,1-2H3,(H,22,23). The molecule has 8 nitrogen and oxygen atoms in total. The number of likely N-dealkylation sites (tertiary alicyclic amines) is 1. The Morgan fingerprint density at radius 1 is 1.31 bits per heavy atom. The second-order valence-corrected chi connectivity index (χ2v) is 7.35. The molecule has 1 unspecified atom stereocenters. The number of hydrogen-bond donors (Lipinski definition) is 2. The molecule has 1 aliphatic rings. The van der Waals surface area contributed by atoms with Crippen LogP contribution in [0.2, 0.25) is 0 Å². The molecular formula is C20H23FN6O2. The summed E-state index contributed by atoms with van der Waals surface area (Å²) in [5.74, 6) is 1.43. The second-order valence-electron chi connectivity index (χ2n) is 7.35. The van der Waals surface area contributed by atoms with Crippen LogP contribution in [0.15, 0.2) is 24.3 Å². The zero-order valence-corrected chi connectivity index (χ0v) is 16.4. The number of imidazole rings is 1. The van der Waals surface area contributed by atoms with Gasteiger partial charge in [0.15, 0.2) is 5.82 Å². The SMILES string of the molecule is Cc1[nH]c(-c2ccc(F)cc2)nc1C(=O)N1CCCC(c2nnc(CO)n2C)C1. The molecule has 1 fully saturated rings. The van der Waals surface area contributed by atoms with E-state index in [0.717, 1.165) is 24.2 Å². The lowest BCUT2D eigenvalue weighted by Crippen LogP contribution is -2.40. The lowest BCUT2D eigenvalue weighted by molar-refractivity contribution is 0.0697. The van der Waals surface area contributed by atoms with Gasteiger partial charge in [-0.05, 0) is 44.0 Å². The Morgan fingerprint density at radius 2 is 2.07 bits per heavy atom. The molecule has 0 saturated carbocycles. The summed E-state index contributed by atoms with van der Waals surface area (Å²) in [5.41, 5.74) is 1.78. The minimum absolute atomic E-state index is 0.0568. The quantitative estimate of drug-likeness (QED) is 0.702. The number of nitrogens with zero attached hydrogens (tertiary/aromatic N) is 5. The molecule has 2 N–H and O–H groups in total. The van der Waals surface area contributed by atoms with Crippen LogP contribution in [0.1, 0.15) is 46.6 Å². The van der Waals surface area contributed by atoms with E-state index in [1.807, 2.05) is 14.0 Å². The Bertz CT molecular complexity index is 1030. The maximum Gasteiger partial charge on any atom is 0.274 e. The Labute approximate surface area is 167 Å². The largest absolute Gasteiger partial charge is 0.388 e. The predicted molar refractivity (Wildman–Crippen MR) is 104 cm³/mol. The number of H-pyrrole nitrogens is 1. The summed E-state index contributed by atoms with van der Waals surface area (Å²) in [4.78, 5) is 22.5. The Balaban J connectivity index is 1.54. The molecule has 4 rings (SSSR count). The highest BCUT2D eigenvalue weighted by molar-refractivity contribution is 5.94. The van der Waals surface area contributed by atoms with Crippen molar-refractivity contribution < 1.29 is 14.3 Å². The van der Waals surface area contributed by atoms with Gasteiger partial charge >= 0.3 is 0 Å². The third-order valence-electron chi connectivity index (χ3n) is 5.42. The van der Waals surface area contributed by atoms with Gasteiger partial charge in [-0.15, -0.1) is 10.2 Å². The van der Waals surface area contributed by atoms with Gasteiger partial charge in [-0.2, -0.15) is 0 Å². The number of rotatable bonds is 4. The van der Waals surface area contributed by atoms with Crippen LogP contribution in [0.3, 0.4) is 0 Å². The van der Waals surface area contributed by atoms with Crippen LogP contribution in [0, 0.1) is 12.7 Å². The molecule has 3 heterocycles. The molecule has 2 aromatic heterocycles. The molecule has 0 aliphatic carbocycles. The van der Waals surface area contributed by atoms with E-state index in [0.29, 0.717) is 36.1 Å². The number of piperidine rings is 1. The number of hydrogen-bond acceptors (Lipinski definition) is 5. The highest BCUT2D eigenvalue weighted by Crippen LogP contribution is 2.27. The summed E-state index contributed by atoms with van der Waals surface area (Å²) in [6.45, 7) is 2.81. The molecule has 1 aliphatic heterocycles. The molecule has 1 saturated heterocycles. The lowest BCUT2D eigenvalue weighted by atomic mass is 9.97. The summed E-state index contributed by atoms with van der Waals surface area (Å²) < 4.78 is 15.0. The number of carbonyl (C=O) groups is 1. The smallest absolute Gasteiger partial charge is 0.274 e. The first kappa shape index (κ1) is 19.3. The fourth-order valence-electron chi connectivity index (χ4n) is 3.80. The fraction of sp³-hybridized carbons (Fsp3) is 0.400. The molecule has 152 valence electrons. The first-order valence-electron chi connectivity index (χ1n) is 9.58. The van der Waals surface area contributed by atoms with Crippen LogP contribution in [0.4, 0.5) is 4.39 Å². The molecule has 0 radical (unpaired) electrons. The third-order valence-corrected chi connectivity index (χ3v) is 5.42. The van der Waals surface area contributed by atoms with Crippen LogP contribution >= 0.6 is 0 Å². The van der Waals surface area contributed by atoms with Gasteiger partial charge in [0.05, 0.1) is 0 Å². The predicted octanol–water partition coefficient (Wildman–Crippen LogP) is 2.16. The lowest BCUT2D eigenvalue weighted by Gasteiger charge is -2.32. The van der Waals surface area contributed by atoms with Crippen LogP contribution in [0.25, 0.3) is 11.4 Å². The Kier molecular flexibility index (Phi) is 5.14. The van der Waals surface area contributed by atoms with Crippen molar-refractivity contribution in [1.82, 2.24) is 29.6 Å². The summed E-state index contributed by atoms with van der Waals surface area (Å²) in [7, 11) is 1.83. The number of amides is 1. The monoisotopic (exact) mass is 398 g/mol. The van der Waals surface area contributed by atoms with Gasteiger partial charge in [0, 0.05) is 37.3 Å². The minimum Gasteiger partial charge on any atom is -0.388 e. The number of nitrogens with one attached hydrogen (secondary N) is 1. The number of aryl methyl sites for hydroxylation is 1. The van der Waals surface area contributed by atoms with Gasteiger partial charge in [0.2, 0.25) is 0 Å². The Morgan fingerprint density at radius 3 is 2.76 bits per heavy atom. The van der Waals surface area contributed by atoms with Gasteiger partial charge in [-0.1, -0.05) is 0 Å². The molecule has 9 heteroatoms. The number of aliphatic hydroxyl groups excluding tert-OH is 1. The normalized spacial score (nSPS) is 17.0. The Hall–Kier alpha value is -3.07. The van der Waals surface area contributed by atoms with Crippen molar-refractivity contribution in [2.75, 3.05) is 13.1 Å². The van der Waals surface area contributed by atoms with Crippen LogP contribution in [0.5, 0.6) is 0 Å². The molecule has 29 heavy (non-hydrogen) atoms. The minimum atomic E-state index is -0.319. The number of aromatic nitrogens is 5. The summed E-state index contributed by atoms with van der Waals surface area (Å²) in [5, 5.41) is 17.6. The van der Waals surface area contributed by atoms with Crippen LogP contribution < -0.4 is 0 Å². The number of benzene rings is 1. The van der Waals surface area contributed by atoms with E-state index >= 15 is 0 Å². The highest BCUT2D eigenvalue weighted by Gasteiger charge is 2.30. The van der Waals surface area contributed by atoms with Crippen molar-refractivity contribution in [3.8, 4) is 11.4 Å². The zero-order chi connectivity index (χ0) is 20.5. The third kappa shape index (κ3) is 3.65. The number of aromatic amines is 1. The van der Waals surface area contributed by atoms with Gasteiger partial charge in [-0.3, -0.25) is 4.79 Å². The number of carbonyl (C=O) groups excluding carboxylic acids is 1.